The second kappa shape index (κ2) is 20.0. The van der Waals surface area contributed by atoms with E-state index in [0.29, 0.717) is 19.4 Å². The number of aliphatic carboxylic acids is 1. The van der Waals surface area contributed by atoms with Gasteiger partial charge >= 0.3 is 11.9 Å². The van der Waals surface area contributed by atoms with Gasteiger partial charge in [-0.15, -0.1) is 0 Å². The van der Waals surface area contributed by atoms with E-state index in [0.717, 1.165) is 36.7 Å². The fraction of sp³-hybridized carbons (Fsp3) is 0.909. The van der Waals surface area contributed by atoms with Crippen LogP contribution in [0.15, 0.2) is 0 Å². The molecule has 0 radical (unpaired) electrons. The Morgan fingerprint density at radius 2 is 1.30 bits per heavy atom. The molecule has 0 aliphatic carbocycles. The summed E-state index contributed by atoms with van der Waals surface area (Å²) in [5.41, 5.74) is 0. The van der Waals surface area contributed by atoms with Crippen LogP contribution in [0.4, 0.5) is 0 Å². The topological polar surface area (TPSA) is 63.6 Å². The predicted octanol–water partition coefficient (Wildman–Crippen LogP) is 6.46. The fourth-order valence-corrected chi connectivity index (χ4v) is 3.80. The second-order valence-corrected chi connectivity index (χ2v) is 9.02. The summed E-state index contributed by atoms with van der Waals surface area (Å²) in [7, 11) is 0. The van der Waals surface area contributed by atoms with E-state index < -0.39 is 5.97 Å². The molecule has 0 amide bonds. The second-order valence-electron chi connectivity index (χ2n) is 7.80. The fourth-order valence-electron chi connectivity index (χ4n) is 2.90. The molecule has 0 aliphatic rings. The highest BCUT2D eigenvalue weighted by atomic mass is 32.2. The number of esters is 1. The van der Waals surface area contributed by atoms with Crippen LogP contribution >= 0.6 is 11.8 Å². The van der Waals surface area contributed by atoms with E-state index >= 15 is 0 Å². The van der Waals surface area contributed by atoms with Gasteiger partial charge in [-0.3, -0.25) is 9.59 Å². The standard InChI is InChI=1S/C22H42O4S/c1-20(2)14-10-8-6-4-3-5-7-9-11-17-26-22(25)16-13-19-27-18-12-15-21(23)24/h20H,3-19H2,1-2H3,(H,23,24). The number of carboxylic acid groups (broad SMARTS) is 1. The predicted molar refractivity (Wildman–Crippen MR) is 115 cm³/mol. The Hall–Kier alpha value is -0.710. The molecule has 160 valence electrons. The number of rotatable bonds is 20. The molecule has 0 aromatic rings. The van der Waals surface area contributed by atoms with E-state index in [9.17, 15) is 9.59 Å². The number of thioether (sulfide) groups is 1. The third-order valence-electron chi connectivity index (χ3n) is 4.54. The highest BCUT2D eigenvalue weighted by molar-refractivity contribution is 7.99. The molecule has 0 aromatic carbocycles. The van der Waals surface area contributed by atoms with Crippen LogP contribution in [-0.4, -0.2) is 35.2 Å². The van der Waals surface area contributed by atoms with Crippen molar-refractivity contribution in [3.05, 3.63) is 0 Å². The van der Waals surface area contributed by atoms with Crippen LogP contribution in [0.25, 0.3) is 0 Å². The van der Waals surface area contributed by atoms with Gasteiger partial charge in [0.15, 0.2) is 0 Å². The lowest BCUT2D eigenvalue weighted by Gasteiger charge is -2.06. The molecule has 0 saturated carbocycles. The van der Waals surface area contributed by atoms with Gasteiger partial charge in [-0.25, -0.2) is 0 Å². The molecule has 1 N–H and O–H groups in total. The Balaban J connectivity index is 3.18. The van der Waals surface area contributed by atoms with Crippen molar-refractivity contribution in [2.45, 2.75) is 104 Å². The third-order valence-corrected chi connectivity index (χ3v) is 5.69. The zero-order valence-electron chi connectivity index (χ0n) is 17.7. The minimum atomic E-state index is -0.740. The zero-order valence-corrected chi connectivity index (χ0v) is 18.5. The number of unbranched alkanes of at least 4 members (excludes halogenated alkanes) is 8. The van der Waals surface area contributed by atoms with Crippen LogP contribution in [0, 0.1) is 5.92 Å². The minimum Gasteiger partial charge on any atom is -0.481 e. The van der Waals surface area contributed by atoms with Crippen molar-refractivity contribution >= 4 is 23.7 Å². The molecule has 0 aliphatic heterocycles. The summed E-state index contributed by atoms with van der Waals surface area (Å²) in [5, 5.41) is 8.54. The van der Waals surface area contributed by atoms with E-state index in [4.69, 9.17) is 9.84 Å². The summed E-state index contributed by atoms with van der Waals surface area (Å²) in [5.74, 6) is 1.75. The maximum atomic E-state index is 11.6. The van der Waals surface area contributed by atoms with E-state index in [1.165, 1.54) is 51.4 Å². The average Bonchev–Trinajstić information content (AvgIpc) is 2.61. The van der Waals surface area contributed by atoms with Gasteiger partial charge in [0.1, 0.15) is 0 Å². The van der Waals surface area contributed by atoms with Gasteiger partial charge in [0.2, 0.25) is 0 Å². The molecule has 27 heavy (non-hydrogen) atoms. The molecular weight excluding hydrogens is 360 g/mol. The average molecular weight is 403 g/mol. The van der Waals surface area contributed by atoms with E-state index in [1.807, 2.05) is 0 Å². The lowest BCUT2D eigenvalue weighted by atomic mass is 10.0. The Morgan fingerprint density at radius 1 is 0.778 bits per heavy atom. The van der Waals surface area contributed by atoms with Gasteiger partial charge in [-0.2, -0.15) is 11.8 Å². The van der Waals surface area contributed by atoms with E-state index in [1.54, 1.807) is 11.8 Å². The van der Waals surface area contributed by atoms with Gasteiger partial charge in [0, 0.05) is 12.8 Å². The smallest absolute Gasteiger partial charge is 0.305 e. The Labute approximate surface area is 171 Å². The maximum absolute atomic E-state index is 11.6. The molecule has 0 aromatic heterocycles. The quantitative estimate of drug-likeness (QED) is 0.187. The number of hydrogen-bond donors (Lipinski definition) is 1. The van der Waals surface area contributed by atoms with Crippen LogP contribution in [0.5, 0.6) is 0 Å². The third kappa shape index (κ3) is 23.3. The summed E-state index contributed by atoms with van der Waals surface area (Å²) in [6.07, 6.45) is 15.1. The molecule has 4 nitrogen and oxygen atoms in total. The molecular formula is C22H42O4S. The van der Waals surface area contributed by atoms with Crippen LogP contribution in [-0.2, 0) is 14.3 Å². The molecule has 0 atom stereocenters. The summed E-state index contributed by atoms with van der Waals surface area (Å²) in [6.45, 7) is 5.15. The van der Waals surface area contributed by atoms with Crippen molar-refractivity contribution in [2.24, 2.45) is 5.92 Å². The SMILES string of the molecule is CC(C)CCCCCCCCCCCOC(=O)CCCSCCCC(=O)O. The van der Waals surface area contributed by atoms with E-state index in [2.05, 4.69) is 13.8 Å². The van der Waals surface area contributed by atoms with Crippen LogP contribution in [0.3, 0.4) is 0 Å². The first-order valence-corrected chi connectivity index (χ1v) is 12.1. The zero-order chi connectivity index (χ0) is 20.2. The van der Waals surface area contributed by atoms with Gasteiger partial charge in [0.25, 0.3) is 0 Å². The monoisotopic (exact) mass is 402 g/mol. The number of carbonyl (C=O) groups is 2. The number of carbonyl (C=O) groups excluding carboxylic acids is 1. The normalized spacial score (nSPS) is 11.1. The van der Waals surface area contributed by atoms with Crippen molar-refractivity contribution in [3.63, 3.8) is 0 Å². The first-order valence-electron chi connectivity index (χ1n) is 11.0. The molecule has 0 heterocycles. The Bertz CT molecular complexity index is 358. The molecule has 0 bridgehead atoms. The highest BCUT2D eigenvalue weighted by Gasteiger charge is 2.03. The molecule has 5 heteroatoms. The Morgan fingerprint density at radius 3 is 1.85 bits per heavy atom. The molecule has 0 rings (SSSR count). The van der Waals surface area contributed by atoms with Gasteiger partial charge in [-0.1, -0.05) is 71.6 Å². The molecule has 0 unspecified atom stereocenters. The molecule has 0 fully saturated rings. The van der Waals surface area contributed by atoms with Gasteiger partial charge < -0.3 is 9.84 Å². The van der Waals surface area contributed by atoms with Crippen LogP contribution in [0.1, 0.15) is 104 Å². The van der Waals surface area contributed by atoms with Gasteiger partial charge in [0.05, 0.1) is 6.61 Å². The number of hydrogen-bond acceptors (Lipinski definition) is 4. The largest absolute Gasteiger partial charge is 0.481 e. The van der Waals surface area contributed by atoms with E-state index in [-0.39, 0.29) is 12.4 Å². The lowest BCUT2D eigenvalue weighted by molar-refractivity contribution is -0.143. The van der Waals surface area contributed by atoms with Crippen LogP contribution in [0.2, 0.25) is 0 Å². The number of carboxylic acids is 1. The summed E-state index contributed by atoms with van der Waals surface area (Å²) >= 11 is 1.71. The van der Waals surface area contributed by atoms with Crippen molar-refractivity contribution in [2.75, 3.05) is 18.1 Å². The first-order chi connectivity index (χ1) is 13.0. The lowest BCUT2D eigenvalue weighted by Crippen LogP contribution is -2.06. The van der Waals surface area contributed by atoms with Crippen molar-refractivity contribution in [3.8, 4) is 0 Å². The minimum absolute atomic E-state index is 0.0949. The van der Waals surface area contributed by atoms with Gasteiger partial charge in [-0.05, 0) is 36.7 Å². The number of ether oxygens (including phenoxy) is 1. The van der Waals surface area contributed by atoms with Crippen LogP contribution < -0.4 is 0 Å². The van der Waals surface area contributed by atoms with Crippen molar-refractivity contribution in [1.29, 1.82) is 0 Å². The summed E-state index contributed by atoms with van der Waals surface area (Å²) in [6, 6.07) is 0. The Kier molecular flexibility index (Phi) is 19.5. The highest BCUT2D eigenvalue weighted by Crippen LogP contribution is 2.13. The van der Waals surface area contributed by atoms with Crippen molar-refractivity contribution < 1.29 is 19.4 Å². The summed E-state index contributed by atoms with van der Waals surface area (Å²) < 4.78 is 5.27. The molecule has 0 saturated heterocycles. The van der Waals surface area contributed by atoms with Crippen molar-refractivity contribution in [1.82, 2.24) is 0 Å². The maximum Gasteiger partial charge on any atom is 0.305 e. The first kappa shape index (κ1) is 26.3. The molecule has 0 spiro atoms. The summed E-state index contributed by atoms with van der Waals surface area (Å²) in [4.78, 5) is 22.0.